The number of imide groups is 1. The van der Waals surface area contributed by atoms with Crippen LogP contribution in [0, 0.1) is 35.4 Å². The van der Waals surface area contributed by atoms with Gasteiger partial charge in [0.25, 0.3) is 21.9 Å². The first kappa shape index (κ1) is 62.8. The van der Waals surface area contributed by atoms with Crippen LogP contribution in [0.4, 0.5) is 17.6 Å². The Bertz CT molecular complexity index is 3320. The van der Waals surface area contributed by atoms with E-state index in [1.807, 2.05) is 24.3 Å². The molecule has 0 bridgehead atoms. The maximum absolute atomic E-state index is 13.2. The van der Waals surface area contributed by atoms with Crippen molar-refractivity contribution in [3.63, 3.8) is 0 Å². The summed E-state index contributed by atoms with van der Waals surface area (Å²) in [6.45, 7) is 0.733. The van der Waals surface area contributed by atoms with Crippen molar-refractivity contribution in [2.75, 3.05) is 38.6 Å². The van der Waals surface area contributed by atoms with E-state index in [0.29, 0.717) is 29.7 Å². The van der Waals surface area contributed by atoms with Crippen molar-refractivity contribution in [1.82, 2.24) is 40.8 Å². The minimum atomic E-state index is -4.62. The average molecular weight is 1300 g/mol. The zero-order valence-corrected chi connectivity index (χ0v) is 45.7. The van der Waals surface area contributed by atoms with Crippen molar-refractivity contribution < 1.29 is 84.1 Å². The molecule has 0 spiro atoms. The van der Waals surface area contributed by atoms with Gasteiger partial charge in [0.05, 0.1) is 30.8 Å². The Morgan fingerprint density at radius 2 is 1.27 bits per heavy atom. The van der Waals surface area contributed by atoms with Crippen LogP contribution in [0.3, 0.4) is 0 Å². The van der Waals surface area contributed by atoms with Gasteiger partial charge in [0, 0.05) is 130 Å². The van der Waals surface area contributed by atoms with E-state index in [9.17, 15) is 59.3 Å². The van der Waals surface area contributed by atoms with Gasteiger partial charge in [-0.1, -0.05) is 65.7 Å². The Morgan fingerprint density at radius 3 is 1.88 bits per heavy atom. The fourth-order valence-electron chi connectivity index (χ4n) is 7.68. The number of unbranched alkanes of at least 4 members (excludes halogenated alkanes) is 1. The Morgan fingerprint density at radius 1 is 0.662 bits per heavy atom. The Hall–Kier alpha value is -8.02. The molecular formula is C56H52F4IrN8O10S-2. The normalized spacial score (nSPS) is 12.1. The SMILES string of the molecule is Fc1c[c-]c(-c2ccccn2)c(F)c1.Fc1c[c-]c(-c2ccccn2)c(F)c1.O=C(CCCC(=O)NC(CS(=O)(=O)O)C(=O)NCCCCC(=O)NCCOCCN1C(=O)C=CC1=O)Cc1ccnc2c1ccc1cccnc12.[Ir]. The molecule has 5 amide bonds. The fraction of sp³-hybridized carbons (Fsp3) is 0.250. The van der Waals surface area contributed by atoms with E-state index in [1.165, 1.54) is 12.2 Å². The maximum Gasteiger partial charge on any atom is 0.267 e. The molecule has 18 nitrogen and oxygen atoms in total. The van der Waals surface area contributed by atoms with Gasteiger partial charge in [-0.15, -0.1) is 24.3 Å². The number of benzene rings is 3. The number of Topliss-reactive ketones (excluding diaryl/α,β-unsaturated/α-hetero) is 1. The van der Waals surface area contributed by atoms with Crippen LogP contribution in [0.1, 0.15) is 44.1 Å². The van der Waals surface area contributed by atoms with Crippen LogP contribution in [0.5, 0.6) is 0 Å². The second-order valence-electron chi connectivity index (χ2n) is 17.3. The number of ketones is 1. The number of nitrogens with zero attached hydrogens (tertiary/aromatic N) is 5. The summed E-state index contributed by atoms with van der Waals surface area (Å²) in [6.07, 6.45) is 9.87. The molecule has 80 heavy (non-hydrogen) atoms. The van der Waals surface area contributed by atoms with Gasteiger partial charge in [-0.25, -0.2) is 0 Å². The molecule has 3 aromatic carbocycles. The molecule has 0 saturated carbocycles. The third-order valence-electron chi connectivity index (χ3n) is 11.5. The van der Waals surface area contributed by atoms with Crippen molar-refractivity contribution in [2.45, 2.75) is 51.0 Å². The molecule has 8 rings (SSSR count). The van der Waals surface area contributed by atoms with Crippen LogP contribution in [0.25, 0.3) is 44.3 Å². The molecule has 421 valence electrons. The summed E-state index contributed by atoms with van der Waals surface area (Å²) in [6, 6.07) is 26.8. The molecule has 0 fully saturated rings. The van der Waals surface area contributed by atoms with Crippen molar-refractivity contribution in [3.8, 4) is 22.5 Å². The van der Waals surface area contributed by atoms with Gasteiger partial charge < -0.3 is 30.7 Å². The van der Waals surface area contributed by atoms with Crippen molar-refractivity contribution in [3.05, 3.63) is 169 Å². The fourth-order valence-corrected chi connectivity index (χ4v) is 8.34. The van der Waals surface area contributed by atoms with Gasteiger partial charge >= 0.3 is 0 Å². The molecule has 0 saturated heterocycles. The second kappa shape index (κ2) is 31.5. The summed E-state index contributed by atoms with van der Waals surface area (Å²) < 4.78 is 89.3. The predicted octanol–water partition coefficient (Wildman–Crippen LogP) is 6.43. The number of halogens is 4. The van der Waals surface area contributed by atoms with E-state index in [-0.39, 0.29) is 108 Å². The zero-order chi connectivity index (χ0) is 56.7. The van der Waals surface area contributed by atoms with Gasteiger partial charge in [0.15, 0.2) is 0 Å². The van der Waals surface area contributed by atoms with Gasteiger partial charge in [-0.2, -0.15) is 8.42 Å². The van der Waals surface area contributed by atoms with E-state index < -0.39 is 68.8 Å². The number of aromatic nitrogens is 4. The summed E-state index contributed by atoms with van der Waals surface area (Å²) >= 11 is 0. The Kier molecular flexibility index (Phi) is 24.8. The quantitative estimate of drug-likeness (QED) is 0.0134. The summed E-state index contributed by atoms with van der Waals surface area (Å²) in [5.74, 6) is -6.25. The molecule has 7 aromatic rings. The molecule has 1 aliphatic rings. The molecule has 1 unspecified atom stereocenters. The van der Waals surface area contributed by atoms with Crippen LogP contribution >= 0.6 is 0 Å². The minimum Gasteiger partial charge on any atom is -0.378 e. The molecule has 0 aliphatic carbocycles. The van der Waals surface area contributed by atoms with Crippen LogP contribution in [0.15, 0.2) is 128 Å². The van der Waals surface area contributed by atoms with Gasteiger partial charge in [-0.3, -0.25) is 65.7 Å². The van der Waals surface area contributed by atoms with Gasteiger partial charge in [0.2, 0.25) is 17.7 Å². The summed E-state index contributed by atoms with van der Waals surface area (Å²) in [5.41, 5.74) is 3.47. The van der Waals surface area contributed by atoms with E-state index in [1.54, 1.807) is 67.3 Å². The number of carbonyl (C=O) groups is 6. The number of ether oxygens (including phenoxy) is 1. The predicted molar refractivity (Wildman–Crippen MR) is 281 cm³/mol. The molecule has 4 N–H and O–H groups in total. The van der Waals surface area contributed by atoms with Crippen LogP contribution in [0.2, 0.25) is 0 Å². The van der Waals surface area contributed by atoms with Crippen molar-refractivity contribution >= 4 is 67.2 Å². The number of nitrogens with one attached hydrogen (secondary N) is 3. The van der Waals surface area contributed by atoms with Crippen LogP contribution < -0.4 is 16.0 Å². The molecule has 24 heteroatoms. The third kappa shape index (κ3) is 20.0. The topological polar surface area (TPSA) is 257 Å². The number of rotatable bonds is 23. The largest absolute Gasteiger partial charge is 0.378 e. The zero-order valence-electron chi connectivity index (χ0n) is 42.5. The number of fused-ring (bicyclic) bond motifs is 3. The number of carbonyl (C=O) groups excluding carboxylic acids is 6. The third-order valence-corrected chi connectivity index (χ3v) is 12.2. The smallest absolute Gasteiger partial charge is 0.267 e. The van der Waals surface area contributed by atoms with E-state index in [2.05, 4.69) is 48.0 Å². The Labute approximate surface area is 471 Å². The molecule has 1 atom stereocenters. The first-order valence-electron chi connectivity index (χ1n) is 24.5. The number of pyridine rings is 4. The molecule has 5 heterocycles. The second-order valence-corrected chi connectivity index (χ2v) is 18.8. The monoisotopic (exact) mass is 1300 g/mol. The Balaban J connectivity index is 0.000000324. The number of amides is 5. The minimum absolute atomic E-state index is 0. The van der Waals surface area contributed by atoms with Crippen LogP contribution in [-0.2, 0) is 70.1 Å². The van der Waals surface area contributed by atoms with E-state index in [4.69, 9.17) is 4.74 Å². The van der Waals surface area contributed by atoms with Crippen LogP contribution in [-0.4, -0.2) is 118 Å². The van der Waals surface area contributed by atoms with Crippen molar-refractivity contribution in [1.29, 1.82) is 0 Å². The van der Waals surface area contributed by atoms with E-state index >= 15 is 0 Å². The van der Waals surface area contributed by atoms with E-state index in [0.717, 1.165) is 51.0 Å². The first-order chi connectivity index (χ1) is 37.9. The summed E-state index contributed by atoms with van der Waals surface area (Å²) in [4.78, 5) is 90.8. The summed E-state index contributed by atoms with van der Waals surface area (Å²) in [5, 5.41) is 9.23. The standard InChI is InChI=1S/C34H40N6O10S.2C11H6F2N.Ir/c41-25(21-24-13-16-37-33-26(24)10-9-23-5-4-15-36-32(23)33)6-3-8-29(43)39-27(22-51(47,48)49)34(46)38-14-2-1-7-28(42)35-17-19-50-20-18-40-30(44)11-12-31(40)45;2*12-8-4-5-9(10(13)7-8)11-3-1-2-6-14-11;/h4-5,9-13,15-16,27H,1-3,6-8,14,17-22H2,(H,35,42)(H,38,46)(H,39,43)(H,47,48,49);2*1-4,6-7H;/q;2*-1;. The number of hydrogen-bond acceptors (Lipinski definition) is 13. The molecular weight excluding hydrogens is 1240 g/mol. The maximum atomic E-state index is 13.2. The number of hydrogen-bond donors (Lipinski definition) is 4. The molecule has 4 aromatic heterocycles. The summed E-state index contributed by atoms with van der Waals surface area (Å²) in [7, 11) is -4.62. The molecule has 1 radical (unpaired) electrons. The van der Waals surface area contributed by atoms with Gasteiger partial charge in [0.1, 0.15) is 17.6 Å². The van der Waals surface area contributed by atoms with Crippen molar-refractivity contribution in [2.24, 2.45) is 0 Å². The molecule has 1 aliphatic heterocycles. The van der Waals surface area contributed by atoms with Gasteiger partial charge in [-0.05, 0) is 60.5 Å². The first-order valence-corrected chi connectivity index (χ1v) is 26.2. The average Bonchev–Trinajstić information content (AvgIpc) is 3.77.